The normalized spacial score (nSPS) is 24.7. The van der Waals surface area contributed by atoms with E-state index in [2.05, 4.69) is 15.5 Å². The summed E-state index contributed by atoms with van der Waals surface area (Å²) in [5.74, 6) is 0.178. The second-order valence-electron chi connectivity index (χ2n) is 5.14. The Morgan fingerprint density at radius 1 is 1.60 bits per heavy atom. The Bertz CT molecular complexity index is 599. The van der Waals surface area contributed by atoms with Crippen molar-refractivity contribution in [3.63, 3.8) is 0 Å². The van der Waals surface area contributed by atoms with Gasteiger partial charge >= 0.3 is 0 Å². The van der Waals surface area contributed by atoms with Crippen LogP contribution in [0.4, 0.5) is 0 Å². The van der Waals surface area contributed by atoms with E-state index in [1.165, 1.54) is 11.8 Å². The number of carbonyl (C=O) groups is 1. The number of nitrogens with zero attached hydrogens (tertiary/aromatic N) is 3. The molecule has 1 aromatic heterocycles. The molecule has 0 aromatic carbocycles. The summed E-state index contributed by atoms with van der Waals surface area (Å²) in [6.07, 6.45) is 2.09. The molecule has 0 spiro atoms. The summed E-state index contributed by atoms with van der Waals surface area (Å²) in [7, 11) is -3.02. The largest absolute Gasteiger partial charge is 0.349 e. The van der Waals surface area contributed by atoms with Gasteiger partial charge in [0, 0.05) is 6.54 Å². The molecule has 112 valence electrons. The zero-order chi connectivity index (χ0) is 14.8. The summed E-state index contributed by atoms with van der Waals surface area (Å²) in [6.45, 7) is 4.49. The lowest BCUT2D eigenvalue weighted by atomic mass is 10.0. The summed E-state index contributed by atoms with van der Waals surface area (Å²) < 4.78 is 24.8. The van der Waals surface area contributed by atoms with Crippen molar-refractivity contribution in [3.05, 3.63) is 6.33 Å². The molecule has 1 aromatic rings. The van der Waals surface area contributed by atoms with E-state index in [1.807, 2.05) is 11.5 Å². The lowest BCUT2D eigenvalue weighted by Gasteiger charge is -2.23. The summed E-state index contributed by atoms with van der Waals surface area (Å²) in [4.78, 5) is 11.9. The highest BCUT2D eigenvalue weighted by Gasteiger charge is 2.39. The maximum absolute atomic E-state index is 11.9. The molecule has 1 aliphatic heterocycles. The van der Waals surface area contributed by atoms with Gasteiger partial charge in [-0.25, -0.2) is 8.42 Å². The van der Waals surface area contributed by atoms with Crippen molar-refractivity contribution in [1.82, 2.24) is 20.1 Å². The molecule has 1 fully saturated rings. The zero-order valence-corrected chi connectivity index (χ0v) is 13.1. The Labute approximate surface area is 122 Å². The third kappa shape index (κ3) is 3.72. The maximum atomic E-state index is 11.9. The van der Waals surface area contributed by atoms with E-state index in [0.717, 1.165) is 6.54 Å². The molecule has 1 amide bonds. The molecule has 0 bridgehead atoms. The van der Waals surface area contributed by atoms with Crippen molar-refractivity contribution in [2.24, 2.45) is 0 Å². The molecule has 0 unspecified atom stereocenters. The first-order valence-corrected chi connectivity index (χ1v) is 9.16. The highest BCUT2D eigenvalue weighted by atomic mass is 32.2. The fourth-order valence-corrected chi connectivity index (χ4v) is 5.06. The molecule has 1 saturated heterocycles. The Morgan fingerprint density at radius 3 is 2.95 bits per heavy atom. The average molecular weight is 318 g/mol. The summed E-state index contributed by atoms with van der Waals surface area (Å²) in [5.41, 5.74) is -0.644. The predicted octanol–water partition coefficient (Wildman–Crippen LogP) is 0.0835. The van der Waals surface area contributed by atoms with Crippen LogP contribution in [-0.4, -0.2) is 51.9 Å². The Hall–Kier alpha value is -1.09. The molecule has 0 radical (unpaired) electrons. The minimum absolute atomic E-state index is 0.0154. The summed E-state index contributed by atoms with van der Waals surface area (Å²) in [6, 6.07) is 0. The first-order chi connectivity index (χ1) is 9.34. The molecule has 0 saturated carbocycles. The van der Waals surface area contributed by atoms with Gasteiger partial charge in [0.1, 0.15) is 6.33 Å². The molecule has 2 rings (SSSR count). The molecule has 2 heterocycles. The number of hydrogen-bond donors (Lipinski definition) is 1. The first kappa shape index (κ1) is 15.3. The van der Waals surface area contributed by atoms with E-state index < -0.39 is 15.4 Å². The SMILES string of the molecule is CCn1cnnc1SCC(=O)N[C@]1(C)CCS(=O)(=O)C1. The van der Waals surface area contributed by atoms with Gasteiger partial charge in [-0.15, -0.1) is 10.2 Å². The third-order valence-corrected chi connectivity index (χ3v) is 6.08. The minimum Gasteiger partial charge on any atom is -0.349 e. The van der Waals surface area contributed by atoms with Crippen LogP contribution in [0, 0.1) is 0 Å². The molecule has 7 nitrogen and oxygen atoms in total. The fraction of sp³-hybridized carbons (Fsp3) is 0.727. The predicted molar refractivity (Wildman–Crippen MR) is 76.2 cm³/mol. The van der Waals surface area contributed by atoms with Crippen LogP contribution >= 0.6 is 11.8 Å². The highest BCUT2D eigenvalue weighted by molar-refractivity contribution is 7.99. The van der Waals surface area contributed by atoms with E-state index in [1.54, 1.807) is 13.3 Å². The molecule has 9 heteroatoms. The van der Waals surface area contributed by atoms with Gasteiger partial charge in [0.25, 0.3) is 0 Å². The van der Waals surface area contributed by atoms with Crippen LogP contribution in [0.15, 0.2) is 11.5 Å². The Balaban J connectivity index is 1.87. The first-order valence-electron chi connectivity index (χ1n) is 6.36. The zero-order valence-electron chi connectivity index (χ0n) is 11.5. The molecular formula is C11H18N4O3S2. The molecule has 1 atom stereocenters. The van der Waals surface area contributed by atoms with Crippen molar-refractivity contribution in [2.45, 2.75) is 37.5 Å². The molecular weight excluding hydrogens is 300 g/mol. The molecule has 0 aliphatic carbocycles. The Morgan fingerprint density at radius 2 is 2.35 bits per heavy atom. The molecule has 1 N–H and O–H groups in total. The molecule has 20 heavy (non-hydrogen) atoms. The van der Waals surface area contributed by atoms with Crippen molar-refractivity contribution >= 4 is 27.5 Å². The van der Waals surface area contributed by atoms with Gasteiger partial charge in [0.2, 0.25) is 5.91 Å². The van der Waals surface area contributed by atoms with E-state index in [0.29, 0.717) is 11.6 Å². The number of carbonyl (C=O) groups excluding carboxylic acids is 1. The van der Waals surface area contributed by atoms with E-state index >= 15 is 0 Å². The number of rotatable bonds is 5. The van der Waals surface area contributed by atoms with Crippen LogP contribution in [0.2, 0.25) is 0 Å². The van der Waals surface area contributed by atoms with Gasteiger partial charge in [0.15, 0.2) is 15.0 Å². The standard InChI is InChI=1S/C11H18N4O3S2/c1-3-15-8-12-14-10(15)19-6-9(16)13-11(2)4-5-20(17,18)7-11/h8H,3-7H2,1-2H3,(H,13,16)/t11-/m1/s1. The van der Waals surface area contributed by atoms with Crippen LogP contribution in [0.25, 0.3) is 0 Å². The van der Waals surface area contributed by atoms with E-state index in [4.69, 9.17) is 0 Å². The van der Waals surface area contributed by atoms with Crippen molar-refractivity contribution in [2.75, 3.05) is 17.3 Å². The van der Waals surface area contributed by atoms with Crippen LogP contribution < -0.4 is 5.32 Å². The van der Waals surface area contributed by atoms with E-state index in [-0.39, 0.29) is 23.2 Å². The van der Waals surface area contributed by atoms with Crippen LogP contribution in [0.1, 0.15) is 20.3 Å². The quantitative estimate of drug-likeness (QED) is 0.773. The average Bonchev–Trinajstić information content (AvgIpc) is 2.90. The van der Waals surface area contributed by atoms with Crippen LogP contribution in [0.5, 0.6) is 0 Å². The second-order valence-corrected chi connectivity index (χ2v) is 8.27. The summed E-state index contributed by atoms with van der Waals surface area (Å²) in [5, 5.41) is 11.2. The van der Waals surface area contributed by atoms with Crippen LogP contribution in [0.3, 0.4) is 0 Å². The minimum atomic E-state index is -3.02. The molecule has 1 aliphatic rings. The van der Waals surface area contributed by atoms with Crippen molar-refractivity contribution in [1.29, 1.82) is 0 Å². The van der Waals surface area contributed by atoms with Crippen molar-refractivity contribution in [3.8, 4) is 0 Å². The smallest absolute Gasteiger partial charge is 0.230 e. The number of aryl methyl sites for hydroxylation is 1. The van der Waals surface area contributed by atoms with Gasteiger partial charge in [-0.1, -0.05) is 11.8 Å². The number of amides is 1. The van der Waals surface area contributed by atoms with Gasteiger partial charge < -0.3 is 9.88 Å². The number of hydrogen-bond acceptors (Lipinski definition) is 6. The van der Waals surface area contributed by atoms with Crippen LogP contribution in [-0.2, 0) is 21.2 Å². The fourth-order valence-electron chi connectivity index (χ4n) is 2.18. The van der Waals surface area contributed by atoms with Gasteiger partial charge in [-0.05, 0) is 20.3 Å². The summed E-state index contributed by atoms with van der Waals surface area (Å²) >= 11 is 1.30. The van der Waals surface area contributed by atoms with Gasteiger partial charge in [-0.3, -0.25) is 4.79 Å². The highest BCUT2D eigenvalue weighted by Crippen LogP contribution is 2.23. The number of nitrogens with one attached hydrogen (secondary N) is 1. The van der Waals surface area contributed by atoms with Crippen molar-refractivity contribution < 1.29 is 13.2 Å². The number of sulfone groups is 1. The lowest BCUT2D eigenvalue weighted by molar-refractivity contribution is -0.120. The second kappa shape index (κ2) is 5.72. The Kier molecular flexibility index (Phi) is 4.38. The third-order valence-electron chi connectivity index (χ3n) is 3.20. The number of thioether (sulfide) groups is 1. The lowest BCUT2D eigenvalue weighted by Crippen LogP contribution is -2.47. The topological polar surface area (TPSA) is 93.9 Å². The monoisotopic (exact) mass is 318 g/mol. The number of aromatic nitrogens is 3. The van der Waals surface area contributed by atoms with E-state index in [9.17, 15) is 13.2 Å². The van der Waals surface area contributed by atoms with Gasteiger partial charge in [-0.2, -0.15) is 0 Å². The van der Waals surface area contributed by atoms with Gasteiger partial charge in [0.05, 0.1) is 22.8 Å². The maximum Gasteiger partial charge on any atom is 0.230 e.